The third-order valence-corrected chi connectivity index (χ3v) is 2.99. The zero-order valence-electron chi connectivity index (χ0n) is 10.7. The van der Waals surface area contributed by atoms with E-state index in [2.05, 4.69) is 35.9 Å². The molecule has 0 aliphatic heterocycles. The van der Waals surface area contributed by atoms with Crippen LogP contribution in [-0.2, 0) is 0 Å². The predicted octanol–water partition coefficient (Wildman–Crippen LogP) is 2.17. The lowest BCUT2D eigenvalue weighted by molar-refractivity contribution is 0.0990. The Labute approximate surface area is 106 Å². The Hall–Kier alpha value is -2.23. The molecule has 0 aliphatic rings. The number of benzene rings is 1. The molecule has 4 heteroatoms. The summed E-state index contributed by atoms with van der Waals surface area (Å²) in [5, 5.41) is 0. The minimum Gasteiger partial charge on any atom is -0.363 e. The average molecular weight is 241 g/mol. The van der Waals surface area contributed by atoms with Crippen molar-refractivity contribution >= 4 is 5.91 Å². The van der Waals surface area contributed by atoms with Crippen molar-refractivity contribution in [3.05, 3.63) is 46.9 Å². The quantitative estimate of drug-likeness (QED) is 0.876. The first-order valence-electron chi connectivity index (χ1n) is 5.70. The van der Waals surface area contributed by atoms with E-state index in [4.69, 9.17) is 5.73 Å². The molecule has 1 amide bonds. The second-order valence-corrected chi connectivity index (χ2v) is 4.38. The molecular formula is C14H15N3O. The highest BCUT2D eigenvalue weighted by Crippen LogP contribution is 2.24. The second kappa shape index (κ2) is 4.56. The van der Waals surface area contributed by atoms with E-state index in [1.165, 1.54) is 11.1 Å². The van der Waals surface area contributed by atoms with Gasteiger partial charge in [0, 0.05) is 11.8 Å². The molecule has 0 saturated heterocycles. The van der Waals surface area contributed by atoms with Crippen molar-refractivity contribution in [3.8, 4) is 11.3 Å². The van der Waals surface area contributed by atoms with Crippen molar-refractivity contribution in [2.24, 2.45) is 5.73 Å². The van der Waals surface area contributed by atoms with Crippen LogP contribution in [0.5, 0.6) is 0 Å². The Balaban J connectivity index is 2.58. The molecule has 4 nitrogen and oxygen atoms in total. The summed E-state index contributed by atoms with van der Waals surface area (Å²) in [5.74, 6) is -0.566. The lowest BCUT2D eigenvalue weighted by Gasteiger charge is -2.09. The summed E-state index contributed by atoms with van der Waals surface area (Å²) >= 11 is 0. The highest BCUT2D eigenvalue weighted by Gasteiger charge is 2.09. The minimum atomic E-state index is -0.613. The summed E-state index contributed by atoms with van der Waals surface area (Å²) < 4.78 is 0. The lowest BCUT2D eigenvalue weighted by Crippen LogP contribution is -2.15. The number of aromatic nitrogens is 2. The van der Waals surface area contributed by atoms with Crippen LogP contribution in [-0.4, -0.2) is 15.9 Å². The van der Waals surface area contributed by atoms with Gasteiger partial charge in [0.2, 0.25) is 5.82 Å². The number of amides is 1. The summed E-state index contributed by atoms with van der Waals surface area (Å²) in [6.45, 7) is 6.14. The van der Waals surface area contributed by atoms with Crippen LogP contribution in [0.2, 0.25) is 0 Å². The van der Waals surface area contributed by atoms with Crippen LogP contribution in [0, 0.1) is 20.8 Å². The van der Waals surface area contributed by atoms with Gasteiger partial charge in [-0.3, -0.25) is 4.79 Å². The molecular weight excluding hydrogens is 226 g/mol. The normalized spacial score (nSPS) is 10.4. The number of primary amides is 1. The molecule has 2 rings (SSSR count). The van der Waals surface area contributed by atoms with Gasteiger partial charge in [0.1, 0.15) is 0 Å². The van der Waals surface area contributed by atoms with E-state index in [1.807, 2.05) is 6.92 Å². The number of nitrogens with two attached hydrogens (primary N) is 1. The lowest BCUT2D eigenvalue weighted by atomic mass is 9.99. The van der Waals surface area contributed by atoms with Crippen LogP contribution in [0.15, 0.2) is 24.4 Å². The van der Waals surface area contributed by atoms with Gasteiger partial charge in [0.05, 0.1) is 5.69 Å². The molecule has 0 aliphatic carbocycles. The van der Waals surface area contributed by atoms with Crippen molar-refractivity contribution in [3.63, 3.8) is 0 Å². The standard InChI is InChI=1S/C14H15N3O/c1-8-6-10(3)11(7-9(8)2)12-4-5-16-14(17-12)13(15)18/h4-7H,1-3H3,(H2,15,18). The second-order valence-electron chi connectivity index (χ2n) is 4.38. The highest BCUT2D eigenvalue weighted by molar-refractivity contribution is 5.89. The zero-order chi connectivity index (χ0) is 13.3. The number of hydrogen-bond donors (Lipinski definition) is 1. The monoisotopic (exact) mass is 241 g/mol. The van der Waals surface area contributed by atoms with Gasteiger partial charge < -0.3 is 5.73 Å². The predicted molar refractivity (Wildman–Crippen MR) is 70.2 cm³/mol. The fourth-order valence-electron chi connectivity index (χ4n) is 1.86. The molecule has 0 spiro atoms. The molecule has 1 aromatic carbocycles. The average Bonchev–Trinajstić information content (AvgIpc) is 2.34. The van der Waals surface area contributed by atoms with Gasteiger partial charge in [0.15, 0.2) is 0 Å². The molecule has 0 unspecified atom stereocenters. The summed E-state index contributed by atoms with van der Waals surface area (Å²) in [4.78, 5) is 19.1. The zero-order valence-corrected chi connectivity index (χ0v) is 10.7. The van der Waals surface area contributed by atoms with Gasteiger partial charge >= 0.3 is 0 Å². The molecule has 1 aromatic heterocycles. The number of hydrogen-bond acceptors (Lipinski definition) is 3. The van der Waals surface area contributed by atoms with E-state index in [0.717, 1.165) is 16.8 Å². The number of aryl methyl sites for hydroxylation is 3. The molecule has 0 radical (unpaired) electrons. The van der Waals surface area contributed by atoms with Gasteiger partial charge in [0.25, 0.3) is 5.91 Å². The molecule has 1 heterocycles. The molecule has 0 bridgehead atoms. The minimum absolute atomic E-state index is 0.0464. The van der Waals surface area contributed by atoms with Crippen molar-refractivity contribution in [1.29, 1.82) is 0 Å². The largest absolute Gasteiger partial charge is 0.363 e. The van der Waals surface area contributed by atoms with E-state index < -0.39 is 5.91 Å². The van der Waals surface area contributed by atoms with Gasteiger partial charge in [-0.25, -0.2) is 9.97 Å². The fourth-order valence-corrected chi connectivity index (χ4v) is 1.86. The fraction of sp³-hybridized carbons (Fsp3) is 0.214. The maximum absolute atomic E-state index is 11.1. The number of nitrogens with zero attached hydrogens (tertiary/aromatic N) is 2. The Morgan fingerprint density at radius 1 is 1.11 bits per heavy atom. The maximum atomic E-state index is 11.1. The summed E-state index contributed by atoms with van der Waals surface area (Å²) in [6.07, 6.45) is 1.55. The van der Waals surface area contributed by atoms with E-state index in [1.54, 1.807) is 12.3 Å². The van der Waals surface area contributed by atoms with E-state index in [-0.39, 0.29) is 5.82 Å². The smallest absolute Gasteiger partial charge is 0.286 e. The summed E-state index contributed by atoms with van der Waals surface area (Å²) in [7, 11) is 0. The Morgan fingerprint density at radius 3 is 2.44 bits per heavy atom. The molecule has 92 valence electrons. The van der Waals surface area contributed by atoms with Gasteiger partial charge in [-0.05, 0) is 49.6 Å². The van der Waals surface area contributed by atoms with Gasteiger partial charge in [-0.1, -0.05) is 6.07 Å². The topological polar surface area (TPSA) is 68.9 Å². The molecule has 0 fully saturated rings. The van der Waals surface area contributed by atoms with Gasteiger partial charge in [-0.15, -0.1) is 0 Å². The van der Waals surface area contributed by atoms with Crippen molar-refractivity contribution < 1.29 is 4.79 Å². The van der Waals surface area contributed by atoms with Crippen LogP contribution in [0.1, 0.15) is 27.3 Å². The third-order valence-electron chi connectivity index (χ3n) is 2.99. The van der Waals surface area contributed by atoms with Crippen LogP contribution >= 0.6 is 0 Å². The molecule has 2 aromatic rings. The number of rotatable bonds is 2. The summed E-state index contributed by atoms with van der Waals surface area (Å²) in [6, 6.07) is 5.96. The van der Waals surface area contributed by atoms with Crippen LogP contribution in [0.3, 0.4) is 0 Å². The van der Waals surface area contributed by atoms with Crippen molar-refractivity contribution in [2.75, 3.05) is 0 Å². The Morgan fingerprint density at radius 2 is 1.78 bits per heavy atom. The molecule has 0 saturated carbocycles. The highest BCUT2D eigenvalue weighted by atomic mass is 16.1. The summed E-state index contributed by atoms with van der Waals surface area (Å²) in [5.41, 5.74) is 10.5. The van der Waals surface area contributed by atoms with E-state index in [0.29, 0.717) is 0 Å². The third kappa shape index (κ3) is 2.22. The Kier molecular flexibility index (Phi) is 3.10. The molecule has 18 heavy (non-hydrogen) atoms. The van der Waals surface area contributed by atoms with Crippen LogP contribution in [0.4, 0.5) is 0 Å². The number of carbonyl (C=O) groups excluding carboxylic acids is 1. The van der Waals surface area contributed by atoms with Crippen molar-refractivity contribution in [1.82, 2.24) is 9.97 Å². The van der Waals surface area contributed by atoms with E-state index in [9.17, 15) is 4.79 Å². The molecule has 0 atom stereocenters. The maximum Gasteiger partial charge on any atom is 0.286 e. The van der Waals surface area contributed by atoms with Crippen LogP contribution in [0.25, 0.3) is 11.3 Å². The first-order chi connectivity index (χ1) is 8.49. The first kappa shape index (κ1) is 12.2. The van der Waals surface area contributed by atoms with Crippen LogP contribution < -0.4 is 5.73 Å². The molecule has 2 N–H and O–H groups in total. The Bertz CT molecular complexity index is 620. The first-order valence-corrected chi connectivity index (χ1v) is 5.70. The number of carbonyl (C=O) groups is 1. The SMILES string of the molecule is Cc1cc(C)c(-c2ccnc(C(N)=O)n2)cc1C. The van der Waals surface area contributed by atoms with Gasteiger partial charge in [-0.2, -0.15) is 0 Å². The van der Waals surface area contributed by atoms with E-state index >= 15 is 0 Å². The van der Waals surface area contributed by atoms with Crippen molar-refractivity contribution in [2.45, 2.75) is 20.8 Å².